The van der Waals surface area contributed by atoms with Crippen LogP contribution in [0.15, 0.2) is 35.7 Å². The van der Waals surface area contributed by atoms with Gasteiger partial charge in [0.1, 0.15) is 5.82 Å². The maximum absolute atomic E-state index is 13.2. The molecule has 6 heteroatoms. The Labute approximate surface area is 163 Å². The van der Waals surface area contributed by atoms with Gasteiger partial charge in [-0.05, 0) is 70.4 Å². The first-order valence-corrected chi connectivity index (χ1v) is 9.98. The minimum absolute atomic E-state index is 0.0680. The van der Waals surface area contributed by atoms with E-state index in [1.807, 2.05) is 31.4 Å². The molecule has 1 aromatic carbocycles. The van der Waals surface area contributed by atoms with Gasteiger partial charge < -0.3 is 9.88 Å². The van der Waals surface area contributed by atoms with Crippen LogP contribution in [0.2, 0.25) is 0 Å². The van der Waals surface area contributed by atoms with E-state index in [0.717, 1.165) is 47.0 Å². The number of benzene rings is 1. The highest BCUT2D eigenvalue weighted by Gasteiger charge is 2.16. The van der Waals surface area contributed by atoms with Gasteiger partial charge in [0.2, 0.25) is 0 Å². The first-order valence-electron chi connectivity index (χ1n) is 9.10. The van der Waals surface area contributed by atoms with Crippen molar-refractivity contribution in [1.82, 2.24) is 14.9 Å². The zero-order valence-electron chi connectivity index (χ0n) is 15.9. The van der Waals surface area contributed by atoms with Crippen molar-refractivity contribution in [2.24, 2.45) is 0 Å². The fourth-order valence-corrected chi connectivity index (χ4v) is 4.01. The lowest BCUT2D eigenvalue weighted by atomic mass is 10.2. The first-order chi connectivity index (χ1) is 13.0. The number of aromatic nitrogens is 2. The molecular weight excluding hydrogens is 361 g/mol. The monoisotopic (exact) mass is 385 g/mol. The van der Waals surface area contributed by atoms with Crippen LogP contribution in [0.5, 0.6) is 0 Å². The third-order valence-corrected chi connectivity index (χ3v) is 5.56. The zero-order valence-corrected chi connectivity index (χ0v) is 16.7. The Balaban J connectivity index is 1.57. The predicted molar refractivity (Wildman–Crippen MR) is 107 cm³/mol. The van der Waals surface area contributed by atoms with Crippen LogP contribution in [0.25, 0.3) is 5.69 Å². The molecule has 0 radical (unpaired) electrons. The van der Waals surface area contributed by atoms with Gasteiger partial charge in [-0.2, -0.15) is 0 Å². The maximum atomic E-state index is 13.2. The molecule has 0 fully saturated rings. The number of rotatable bonds is 7. The standard InChI is InChI=1S/C21H24FN3OS/c1-14-13-27-20(24-14)6-4-5-11-23-21(26)19-12-15(2)25(16(19)3)18-9-7-17(22)8-10-18/h7-10,12-13H,4-6,11H2,1-3H3,(H,23,26). The van der Waals surface area contributed by atoms with Gasteiger partial charge in [-0.25, -0.2) is 9.37 Å². The first kappa shape index (κ1) is 19.3. The number of amides is 1. The maximum Gasteiger partial charge on any atom is 0.253 e. The Morgan fingerprint density at radius 2 is 1.93 bits per heavy atom. The molecule has 2 heterocycles. The molecule has 0 spiro atoms. The van der Waals surface area contributed by atoms with Crippen LogP contribution in [0.3, 0.4) is 0 Å². The molecule has 0 aliphatic heterocycles. The van der Waals surface area contributed by atoms with E-state index in [2.05, 4.69) is 15.7 Å². The molecule has 1 amide bonds. The number of carbonyl (C=O) groups excluding carboxylic acids is 1. The van der Waals surface area contributed by atoms with E-state index in [1.165, 1.54) is 12.1 Å². The number of carbonyl (C=O) groups is 1. The summed E-state index contributed by atoms with van der Waals surface area (Å²) in [7, 11) is 0. The molecule has 0 atom stereocenters. The number of nitrogens with one attached hydrogen (secondary N) is 1. The lowest BCUT2D eigenvalue weighted by Crippen LogP contribution is -2.25. The van der Waals surface area contributed by atoms with Gasteiger partial charge in [0.05, 0.1) is 10.6 Å². The van der Waals surface area contributed by atoms with Crippen LogP contribution in [0.1, 0.15) is 45.3 Å². The molecule has 0 aliphatic carbocycles. The van der Waals surface area contributed by atoms with Crippen molar-refractivity contribution in [2.45, 2.75) is 40.0 Å². The van der Waals surface area contributed by atoms with Gasteiger partial charge in [-0.3, -0.25) is 4.79 Å². The summed E-state index contributed by atoms with van der Waals surface area (Å²) in [4.78, 5) is 17.0. The van der Waals surface area contributed by atoms with E-state index in [1.54, 1.807) is 23.5 Å². The van der Waals surface area contributed by atoms with Gasteiger partial charge in [0.25, 0.3) is 5.91 Å². The molecule has 0 unspecified atom stereocenters. The highest BCUT2D eigenvalue weighted by Crippen LogP contribution is 2.21. The molecule has 0 aliphatic rings. The van der Waals surface area contributed by atoms with Gasteiger partial charge >= 0.3 is 0 Å². The largest absolute Gasteiger partial charge is 0.352 e. The molecule has 3 aromatic rings. The van der Waals surface area contributed by atoms with Gasteiger partial charge in [0.15, 0.2) is 0 Å². The van der Waals surface area contributed by atoms with Crippen LogP contribution >= 0.6 is 11.3 Å². The highest BCUT2D eigenvalue weighted by molar-refractivity contribution is 7.09. The van der Waals surface area contributed by atoms with Crippen LogP contribution in [-0.4, -0.2) is 22.0 Å². The van der Waals surface area contributed by atoms with E-state index in [9.17, 15) is 9.18 Å². The molecule has 0 saturated heterocycles. The third-order valence-electron chi connectivity index (χ3n) is 4.53. The Kier molecular flexibility index (Phi) is 6.06. The normalized spacial score (nSPS) is 11.0. The summed E-state index contributed by atoms with van der Waals surface area (Å²) in [6, 6.07) is 8.18. The average Bonchev–Trinajstić information content (AvgIpc) is 3.18. The van der Waals surface area contributed by atoms with Gasteiger partial charge in [-0.1, -0.05) is 0 Å². The smallest absolute Gasteiger partial charge is 0.253 e. The molecule has 27 heavy (non-hydrogen) atoms. The van der Waals surface area contributed by atoms with E-state index < -0.39 is 0 Å². The molecule has 4 nitrogen and oxygen atoms in total. The second-order valence-electron chi connectivity index (χ2n) is 6.69. The van der Waals surface area contributed by atoms with Crippen molar-refractivity contribution in [3.8, 4) is 5.69 Å². The minimum atomic E-state index is -0.271. The molecule has 0 saturated carbocycles. The molecule has 142 valence electrons. The number of hydrogen-bond acceptors (Lipinski definition) is 3. The van der Waals surface area contributed by atoms with Gasteiger partial charge in [-0.15, -0.1) is 11.3 Å². The molecule has 3 rings (SSSR count). The second-order valence-corrected chi connectivity index (χ2v) is 7.63. The molecule has 1 N–H and O–H groups in total. The highest BCUT2D eigenvalue weighted by atomic mass is 32.1. The van der Waals surface area contributed by atoms with Crippen molar-refractivity contribution in [3.63, 3.8) is 0 Å². The summed E-state index contributed by atoms with van der Waals surface area (Å²) in [5.41, 5.74) is 4.38. The van der Waals surface area contributed by atoms with Crippen LogP contribution in [0, 0.1) is 26.6 Å². The second kappa shape index (κ2) is 8.48. The Morgan fingerprint density at radius 1 is 1.19 bits per heavy atom. The summed E-state index contributed by atoms with van der Waals surface area (Å²) in [6.45, 7) is 6.51. The number of aryl methyl sites for hydroxylation is 3. The average molecular weight is 386 g/mol. The number of nitrogens with zero attached hydrogens (tertiary/aromatic N) is 2. The summed E-state index contributed by atoms with van der Waals surface area (Å²) in [6.07, 6.45) is 2.87. The Hall–Kier alpha value is -2.47. The quantitative estimate of drug-likeness (QED) is 0.597. The van der Waals surface area contributed by atoms with Crippen LogP contribution < -0.4 is 5.32 Å². The van der Waals surface area contributed by atoms with Crippen molar-refractivity contribution in [2.75, 3.05) is 6.54 Å². The van der Waals surface area contributed by atoms with Crippen molar-refractivity contribution < 1.29 is 9.18 Å². The topological polar surface area (TPSA) is 46.9 Å². The van der Waals surface area contributed by atoms with Crippen molar-refractivity contribution >= 4 is 17.2 Å². The summed E-state index contributed by atoms with van der Waals surface area (Å²) >= 11 is 1.69. The fraction of sp³-hybridized carbons (Fsp3) is 0.333. The number of unbranched alkanes of at least 4 members (excludes halogenated alkanes) is 1. The lowest BCUT2D eigenvalue weighted by Gasteiger charge is -2.10. The van der Waals surface area contributed by atoms with E-state index >= 15 is 0 Å². The number of halogens is 1. The van der Waals surface area contributed by atoms with Crippen LogP contribution in [-0.2, 0) is 6.42 Å². The SMILES string of the molecule is Cc1csc(CCCCNC(=O)c2cc(C)n(-c3ccc(F)cc3)c2C)n1. The van der Waals surface area contributed by atoms with Crippen molar-refractivity contribution in [3.05, 3.63) is 69.2 Å². The fourth-order valence-electron chi connectivity index (χ4n) is 3.20. The predicted octanol–water partition coefficient (Wildman–Crippen LogP) is 4.75. The van der Waals surface area contributed by atoms with Crippen molar-refractivity contribution in [1.29, 1.82) is 0 Å². The summed E-state index contributed by atoms with van der Waals surface area (Å²) in [5, 5.41) is 6.22. The molecular formula is C21H24FN3OS. The summed E-state index contributed by atoms with van der Waals surface area (Å²) in [5.74, 6) is -0.339. The third kappa shape index (κ3) is 4.63. The van der Waals surface area contributed by atoms with E-state index in [4.69, 9.17) is 0 Å². The molecule has 2 aromatic heterocycles. The van der Waals surface area contributed by atoms with E-state index in [-0.39, 0.29) is 11.7 Å². The van der Waals surface area contributed by atoms with Crippen LogP contribution in [0.4, 0.5) is 4.39 Å². The lowest BCUT2D eigenvalue weighted by molar-refractivity contribution is 0.0952. The molecule has 0 bridgehead atoms. The van der Waals surface area contributed by atoms with E-state index in [0.29, 0.717) is 12.1 Å². The minimum Gasteiger partial charge on any atom is -0.352 e. The summed E-state index contributed by atoms with van der Waals surface area (Å²) < 4.78 is 15.1. The van der Waals surface area contributed by atoms with Gasteiger partial charge in [0, 0.05) is 34.7 Å². The Bertz CT molecular complexity index is 928. The number of thiazole rings is 1. The number of hydrogen-bond donors (Lipinski definition) is 1. The zero-order chi connectivity index (χ0) is 19.4. The Morgan fingerprint density at radius 3 is 2.59 bits per heavy atom.